The van der Waals surface area contributed by atoms with Crippen LogP contribution in [0, 0.1) is 11.6 Å². The Morgan fingerprint density at radius 3 is 2.45 bits per heavy atom. The summed E-state index contributed by atoms with van der Waals surface area (Å²) >= 11 is 0. The molecule has 0 unspecified atom stereocenters. The second-order valence-electron chi connectivity index (χ2n) is 4.32. The van der Waals surface area contributed by atoms with Gasteiger partial charge in [0, 0.05) is 17.3 Å². The van der Waals surface area contributed by atoms with Crippen LogP contribution in [0.3, 0.4) is 0 Å². The number of hydrogen-bond acceptors (Lipinski definition) is 3. The van der Waals surface area contributed by atoms with Gasteiger partial charge in [0.15, 0.2) is 0 Å². The zero-order valence-corrected chi connectivity index (χ0v) is 10.4. The number of rotatable bonds is 2. The second-order valence-corrected chi connectivity index (χ2v) is 4.32. The Bertz CT molecular complexity index is 767. The third kappa shape index (κ3) is 2.03. The van der Waals surface area contributed by atoms with Crippen LogP contribution < -0.4 is 11.1 Å². The lowest BCUT2D eigenvalue weighted by atomic mass is 10.1. The molecule has 2 aromatic carbocycles. The van der Waals surface area contributed by atoms with Crippen LogP contribution in [0.1, 0.15) is 0 Å². The molecule has 3 rings (SSSR count). The molecule has 0 bridgehead atoms. The smallest absolute Gasteiger partial charge is 0.149 e. The first kappa shape index (κ1) is 12.3. The van der Waals surface area contributed by atoms with E-state index in [4.69, 9.17) is 5.73 Å². The summed E-state index contributed by atoms with van der Waals surface area (Å²) in [4.78, 5) is 4.18. The molecule has 0 aliphatic carbocycles. The van der Waals surface area contributed by atoms with Crippen molar-refractivity contribution < 1.29 is 8.78 Å². The summed E-state index contributed by atoms with van der Waals surface area (Å²) in [5.41, 5.74) is 7.30. The largest absolute Gasteiger partial charge is 0.397 e. The van der Waals surface area contributed by atoms with E-state index in [9.17, 15) is 8.78 Å². The lowest BCUT2D eigenvalue weighted by Gasteiger charge is -2.12. The maximum Gasteiger partial charge on any atom is 0.149 e. The first-order valence-corrected chi connectivity index (χ1v) is 6.01. The fourth-order valence-corrected chi connectivity index (χ4v) is 2.06. The Morgan fingerprint density at radius 2 is 1.70 bits per heavy atom. The minimum Gasteiger partial charge on any atom is -0.397 e. The van der Waals surface area contributed by atoms with Crippen LogP contribution in [-0.4, -0.2) is 4.98 Å². The number of pyridine rings is 1. The van der Waals surface area contributed by atoms with Gasteiger partial charge in [-0.05, 0) is 36.4 Å². The Balaban J connectivity index is 2.14. The lowest BCUT2D eigenvalue weighted by molar-refractivity contribution is 0.591. The molecule has 0 amide bonds. The van der Waals surface area contributed by atoms with Crippen LogP contribution in [0.2, 0.25) is 0 Å². The minimum atomic E-state index is -0.654. The number of nitrogens with two attached hydrogens (primary N) is 1. The van der Waals surface area contributed by atoms with Crippen molar-refractivity contribution in [3.05, 3.63) is 60.3 Å². The topological polar surface area (TPSA) is 50.9 Å². The number of aromatic nitrogens is 1. The van der Waals surface area contributed by atoms with Crippen molar-refractivity contribution in [1.29, 1.82) is 0 Å². The van der Waals surface area contributed by atoms with E-state index in [1.807, 2.05) is 0 Å². The van der Waals surface area contributed by atoms with Gasteiger partial charge in [-0.2, -0.15) is 0 Å². The molecule has 0 spiro atoms. The van der Waals surface area contributed by atoms with E-state index in [0.717, 1.165) is 0 Å². The summed E-state index contributed by atoms with van der Waals surface area (Å²) in [5.74, 6) is -1.31. The second kappa shape index (κ2) is 4.77. The van der Waals surface area contributed by atoms with Gasteiger partial charge in [-0.15, -0.1) is 0 Å². The molecule has 100 valence electrons. The zero-order valence-electron chi connectivity index (χ0n) is 10.4. The Hall–Kier alpha value is -2.69. The molecular weight excluding hydrogens is 260 g/mol. The lowest BCUT2D eigenvalue weighted by Crippen LogP contribution is -1.99. The van der Waals surface area contributed by atoms with Crippen LogP contribution in [0.15, 0.2) is 48.7 Å². The average molecular weight is 271 g/mol. The molecular formula is C15H11F2N3. The fraction of sp³-hybridized carbons (Fsp3) is 0. The Morgan fingerprint density at radius 1 is 0.950 bits per heavy atom. The normalized spacial score (nSPS) is 10.7. The summed E-state index contributed by atoms with van der Waals surface area (Å²) in [6.45, 7) is 0. The number of benzene rings is 2. The quantitative estimate of drug-likeness (QED) is 0.696. The molecule has 0 saturated carbocycles. The maximum absolute atomic E-state index is 13.7. The molecule has 0 atom stereocenters. The summed E-state index contributed by atoms with van der Waals surface area (Å²) in [6.07, 6.45) is 1.62. The summed E-state index contributed by atoms with van der Waals surface area (Å²) < 4.78 is 27.3. The van der Waals surface area contributed by atoms with Gasteiger partial charge in [0.05, 0.1) is 11.2 Å². The number of nitrogen functional groups attached to an aromatic ring is 1. The predicted molar refractivity (Wildman–Crippen MR) is 75.8 cm³/mol. The molecule has 5 heteroatoms. The van der Waals surface area contributed by atoms with E-state index in [2.05, 4.69) is 10.3 Å². The third-order valence-electron chi connectivity index (χ3n) is 3.02. The predicted octanol–water partition coefficient (Wildman–Crippen LogP) is 3.84. The Kier molecular flexibility index (Phi) is 2.95. The molecule has 3 N–H and O–H groups in total. The Labute approximate surface area is 114 Å². The van der Waals surface area contributed by atoms with Gasteiger partial charge in [-0.1, -0.05) is 6.07 Å². The average Bonchev–Trinajstić information content (AvgIpc) is 2.46. The maximum atomic E-state index is 13.7. The number of fused-ring (bicyclic) bond motifs is 1. The van der Waals surface area contributed by atoms with Crippen LogP contribution in [0.4, 0.5) is 25.8 Å². The van der Waals surface area contributed by atoms with Crippen molar-refractivity contribution in [2.45, 2.75) is 0 Å². The number of halogens is 2. The molecule has 20 heavy (non-hydrogen) atoms. The van der Waals surface area contributed by atoms with Crippen molar-refractivity contribution in [1.82, 2.24) is 4.98 Å². The number of hydrogen-bond donors (Lipinski definition) is 2. The van der Waals surface area contributed by atoms with Gasteiger partial charge in [-0.3, -0.25) is 4.98 Å². The monoisotopic (exact) mass is 271 g/mol. The number of para-hydroxylation sites is 1. The summed E-state index contributed by atoms with van der Waals surface area (Å²) in [5, 5.41) is 3.47. The molecule has 0 fully saturated rings. The van der Waals surface area contributed by atoms with Gasteiger partial charge in [0.2, 0.25) is 0 Å². The van der Waals surface area contributed by atoms with Gasteiger partial charge < -0.3 is 11.1 Å². The minimum absolute atomic E-state index is 0.192. The first-order chi connectivity index (χ1) is 9.66. The number of anilines is 3. The summed E-state index contributed by atoms with van der Waals surface area (Å²) in [7, 11) is 0. The van der Waals surface area contributed by atoms with E-state index in [0.29, 0.717) is 22.3 Å². The fourth-order valence-electron chi connectivity index (χ4n) is 2.06. The molecule has 0 aliphatic rings. The van der Waals surface area contributed by atoms with E-state index in [1.54, 1.807) is 30.5 Å². The van der Waals surface area contributed by atoms with Gasteiger partial charge >= 0.3 is 0 Å². The molecule has 0 radical (unpaired) electrons. The van der Waals surface area contributed by atoms with Crippen LogP contribution >= 0.6 is 0 Å². The van der Waals surface area contributed by atoms with E-state index in [1.165, 1.54) is 18.2 Å². The molecule has 0 saturated heterocycles. The molecule has 3 nitrogen and oxygen atoms in total. The SMILES string of the molecule is Nc1ccc(Nc2c(F)cccc2F)c2cccnc12. The summed E-state index contributed by atoms with van der Waals surface area (Å²) in [6, 6.07) is 10.6. The highest BCUT2D eigenvalue weighted by Crippen LogP contribution is 2.30. The highest BCUT2D eigenvalue weighted by Gasteiger charge is 2.11. The van der Waals surface area contributed by atoms with E-state index < -0.39 is 11.6 Å². The third-order valence-corrected chi connectivity index (χ3v) is 3.02. The van der Waals surface area contributed by atoms with Gasteiger partial charge in [0.1, 0.15) is 17.3 Å². The highest BCUT2D eigenvalue weighted by atomic mass is 19.1. The molecule has 1 heterocycles. The van der Waals surface area contributed by atoms with Crippen molar-refractivity contribution in [2.75, 3.05) is 11.1 Å². The van der Waals surface area contributed by atoms with Crippen molar-refractivity contribution in [3.63, 3.8) is 0 Å². The highest BCUT2D eigenvalue weighted by molar-refractivity contribution is 5.99. The van der Waals surface area contributed by atoms with Crippen molar-refractivity contribution in [3.8, 4) is 0 Å². The van der Waals surface area contributed by atoms with Gasteiger partial charge in [0.25, 0.3) is 0 Å². The number of nitrogens with one attached hydrogen (secondary N) is 1. The van der Waals surface area contributed by atoms with Crippen LogP contribution in [-0.2, 0) is 0 Å². The molecule has 3 aromatic rings. The number of nitrogens with zero attached hydrogens (tertiary/aromatic N) is 1. The standard InChI is InChI=1S/C15H11F2N3/c16-10-4-1-5-11(17)15(10)20-13-7-6-12(18)14-9(13)3-2-8-19-14/h1-8,20H,18H2. The van der Waals surface area contributed by atoms with Gasteiger partial charge in [-0.25, -0.2) is 8.78 Å². The van der Waals surface area contributed by atoms with E-state index in [-0.39, 0.29) is 5.69 Å². The van der Waals surface area contributed by atoms with Crippen LogP contribution in [0.5, 0.6) is 0 Å². The molecule has 0 aliphatic heterocycles. The first-order valence-electron chi connectivity index (χ1n) is 6.01. The molecule has 1 aromatic heterocycles. The zero-order chi connectivity index (χ0) is 14.1. The van der Waals surface area contributed by atoms with E-state index >= 15 is 0 Å². The van der Waals surface area contributed by atoms with Crippen LogP contribution in [0.25, 0.3) is 10.9 Å². The van der Waals surface area contributed by atoms with Crippen molar-refractivity contribution in [2.24, 2.45) is 0 Å². The van der Waals surface area contributed by atoms with Crippen molar-refractivity contribution >= 4 is 28.0 Å².